The highest BCUT2D eigenvalue weighted by atomic mass is 16.7. The lowest BCUT2D eigenvalue weighted by Crippen LogP contribution is -2.63. The highest BCUT2D eigenvalue weighted by molar-refractivity contribution is 6.01. The van der Waals surface area contributed by atoms with Crippen LogP contribution in [0.2, 0.25) is 0 Å². The van der Waals surface area contributed by atoms with Gasteiger partial charge in [-0.3, -0.25) is 9.59 Å². The molecule has 2 N–H and O–H groups in total. The lowest BCUT2D eigenvalue weighted by atomic mass is 9.46. The van der Waals surface area contributed by atoms with Crippen molar-refractivity contribution in [3.05, 3.63) is 23.8 Å². The van der Waals surface area contributed by atoms with Crippen LogP contribution >= 0.6 is 0 Å². The van der Waals surface area contributed by atoms with E-state index in [2.05, 4.69) is 0 Å². The van der Waals surface area contributed by atoms with E-state index in [1.165, 1.54) is 13.8 Å². The number of ether oxygens (including phenoxy) is 2. The number of Topliss-reactive ketones (excluding diaryl/α,β-unsaturated/α-hetero) is 1. The summed E-state index contributed by atoms with van der Waals surface area (Å²) in [6.45, 7) is -4.58. The van der Waals surface area contributed by atoms with Crippen LogP contribution in [0.15, 0.2) is 23.8 Å². The molecule has 0 aromatic heterocycles. The van der Waals surface area contributed by atoms with Crippen molar-refractivity contribution in [3.63, 3.8) is 0 Å². The number of aliphatic hydroxyl groups is 2. The number of carbonyl (C=O) groups is 2. The maximum absolute atomic E-state index is 13.9. The summed E-state index contributed by atoms with van der Waals surface area (Å²) >= 11 is 0. The van der Waals surface area contributed by atoms with Crippen molar-refractivity contribution in [2.45, 2.75) is 83.2 Å². The Morgan fingerprint density at radius 1 is 1.52 bits per heavy atom. The molecule has 4 fully saturated rings. The summed E-state index contributed by atoms with van der Waals surface area (Å²) in [5.74, 6) is -5.53. The number of carbonyl (C=O) groups excluding carboxylic acids is 2. The molecule has 1 saturated heterocycles. The van der Waals surface area contributed by atoms with Gasteiger partial charge < -0.3 is 19.7 Å². The molecule has 5 rings (SSSR count). The van der Waals surface area contributed by atoms with E-state index in [0.29, 0.717) is 0 Å². The predicted molar refractivity (Wildman–Crippen MR) is 113 cm³/mol. The SMILES string of the molecule is [2H]C1=CC(=O)C([2H])=C2C([2H])([2H])C[C@@H]3[C@H]([C@@H](O)C[C@@]4(C)[C@H]3C[C@H]3OC([2H])(C([2H])([2H])C([2H])([2H])C([2H])([2H])[2H])O[C@]34C(=O)C([2H])([2H])O)[C@@]12C. The van der Waals surface area contributed by atoms with Gasteiger partial charge in [-0.1, -0.05) is 38.7 Å². The van der Waals surface area contributed by atoms with E-state index in [9.17, 15) is 19.8 Å². The second-order valence-corrected chi connectivity index (χ2v) is 9.38. The summed E-state index contributed by atoms with van der Waals surface area (Å²) < 4.78 is 126. The maximum atomic E-state index is 13.9. The average Bonchev–Trinajstić information content (AvgIpc) is 3.28. The lowest BCUT2D eigenvalue weighted by Gasteiger charge is -2.59. The Labute approximate surface area is 203 Å². The number of allylic oxidation sites excluding steroid dienone is 4. The van der Waals surface area contributed by atoms with Crippen LogP contribution in [0.25, 0.3) is 0 Å². The van der Waals surface area contributed by atoms with Crippen molar-refractivity contribution < 1.29 is 48.5 Å². The fourth-order valence-corrected chi connectivity index (χ4v) is 6.97. The lowest BCUT2D eigenvalue weighted by molar-refractivity contribution is -0.200. The van der Waals surface area contributed by atoms with Crippen LogP contribution in [0.1, 0.15) is 78.3 Å². The Morgan fingerprint density at radius 3 is 3.06 bits per heavy atom. The molecule has 6 nitrogen and oxygen atoms in total. The Morgan fingerprint density at radius 2 is 2.32 bits per heavy atom. The molecule has 6 heteroatoms. The highest BCUT2D eigenvalue weighted by Gasteiger charge is 2.75. The Balaban J connectivity index is 1.69. The molecule has 1 aliphatic heterocycles. The number of hydrogen-bond acceptors (Lipinski definition) is 6. The van der Waals surface area contributed by atoms with Crippen LogP contribution in [0.4, 0.5) is 0 Å². The summed E-state index contributed by atoms with van der Waals surface area (Å²) in [7, 11) is 0. The molecule has 170 valence electrons. The molecule has 1 heterocycles. The topological polar surface area (TPSA) is 93.1 Å². The third-order valence-corrected chi connectivity index (χ3v) is 8.17. The third-order valence-electron chi connectivity index (χ3n) is 8.17. The van der Waals surface area contributed by atoms with Crippen LogP contribution < -0.4 is 0 Å². The van der Waals surface area contributed by atoms with Crippen LogP contribution in [0.5, 0.6) is 0 Å². The molecule has 9 atom stereocenters. The van der Waals surface area contributed by atoms with Gasteiger partial charge in [0.05, 0.1) is 19.1 Å². The third kappa shape index (κ3) is 2.65. The van der Waals surface area contributed by atoms with Gasteiger partial charge in [0.25, 0.3) is 0 Å². The smallest absolute Gasteiger partial charge is 0.193 e. The van der Waals surface area contributed by atoms with Crippen LogP contribution in [-0.2, 0) is 19.1 Å². The van der Waals surface area contributed by atoms with Gasteiger partial charge in [0.15, 0.2) is 23.4 Å². The molecule has 0 radical (unpaired) electrons. The number of rotatable bonds is 4. The largest absolute Gasteiger partial charge is 0.393 e. The first kappa shape index (κ1) is 10.7. The molecule has 31 heavy (non-hydrogen) atoms. The van der Waals surface area contributed by atoms with E-state index < -0.39 is 116 Å². The van der Waals surface area contributed by atoms with E-state index in [1.807, 2.05) is 0 Å². The van der Waals surface area contributed by atoms with Crippen LogP contribution in [-0.4, -0.2) is 52.4 Å². The molecule has 4 aliphatic carbocycles. The first-order valence-electron chi connectivity index (χ1n) is 17.3. The van der Waals surface area contributed by atoms with Crippen molar-refractivity contribution in [1.29, 1.82) is 0 Å². The molecular weight excluding hydrogens is 396 g/mol. The minimum atomic E-state index is -3.83. The Bertz CT molecular complexity index is 1420. The van der Waals surface area contributed by atoms with E-state index in [0.717, 1.165) is 6.08 Å². The zero-order valence-corrected chi connectivity index (χ0v) is 17.1. The van der Waals surface area contributed by atoms with Gasteiger partial charge in [0, 0.05) is 29.1 Å². The molecule has 0 amide bonds. The van der Waals surface area contributed by atoms with Gasteiger partial charge >= 0.3 is 0 Å². The standard InChI is InChI=1S/C25H34O6/c1-4-5-21-30-20-11-17-16-7-6-14-10-15(27)8-9-23(14,2)22(16)18(28)12-24(17,3)25(20,31-21)19(29)13-26/h8-10,16-18,20-22,26,28H,4-7,11-13H2,1-3H3/t16-,17-,18-,20+,21?,22+,23-,24-,25+/m0/s1/i1D3,4D2,5D2,6D2,9D,10D,13D2,21D. The molecule has 3 saturated carbocycles. The number of aliphatic hydroxyl groups excluding tert-OH is 1. The van der Waals surface area contributed by atoms with Gasteiger partial charge in [-0.2, -0.15) is 0 Å². The molecule has 0 bridgehead atoms. The van der Waals surface area contributed by atoms with E-state index in [-0.39, 0.29) is 18.0 Å². The summed E-state index contributed by atoms with van der Waals surface area (Å²) in [5.41, 5.74) is -6.59. The second-order valence-electron chi connectivity index (χ2n) is 9.38. The van der Waals surface area contributed by atoms with Gasteiger partial charge in [-0.05, 0) is 56.0 Å². The fraction of sp³-hybridized carbons (Fsp3) is 0.760. The quantitative estimate of drug-likeness (QED) is 0.693. The minimum Gasteiger partial charge on any atom is -0.393 e. The van der Waals surface area contributed by atoms with Gasteiger partial charge in [-0.25, -0.2) is 0 Å². The van der Waals surface area contributed by atoms with Crippen molar-refractivity contribution in [3.8, 4) is 0 Å². The first-order valence-corrected chi connectivity index (χ1v) is 10.3. The second kappa shape index (κ2) is 7.08. The summed E-state index contributed by atoms with van der Waals surface area (Å²) in [4.78, 5) is 26.4. The van der Waals surface area contributed by atoms with Crippen molar-refractivity contribution >= 4 is 11.6 Å². The summed E-state index contributed by atoms with van der Waals surface area (Å²) in [6, 6.07) is -0.981. The zero-order valence-electron chi connectivity index (χ0n) is 31.1. The van der Waals surface area contributed by atoms with Crippen LogP contribution in [0, 0.1) is 28.6 Å². The monoisotopic (exact) mass is 444 g/mol. The summed E-state index contributed by atoms with van der Waals surface area (Å²) in [6.07, 6.45) is -17.3. The summed E-state index contributed by atoms with van der Waals surface area (Å²) in [5, 5.41) is 22.1. The van der Waals surface area contributed by atoms with Crippen molar-refractivity contribution in [2.75, 3.05) is 6.56 Å². The van der Waals surface area contributed by atoms with Crippen molar-refractivity contribution in [2.24, 2.45) is 28.6 Å². The van der Waals surface area contributed by atoms with E-state index in [4.69, 9.17) is 28.7 Å². The minimum absolute atomic E-state index is 0.273. The zero-order chi connectivity index (χ0) is 34.5. The Kier molecular flexibility index (Phi) is 2.45. The van der Waals surface area contributed by atoms with Crippen LogP contribution in [0.3, 0.4) is 0 Å². The van der Waals surface area contributed by atoms with E-state index >= 15 is 0 Å². The number of ketones is 2. The Hall–Kier alpha value is -1.34. The molecule has 0 spiro atoms. The van der Waals surface area contributed by atoms with Gasteiger partial charge in [0.2, 0.25) is 0 Å². The van der Waals surface area contributed by atoms with E-state index in [1.54, 1.807) is 0 Å². The van der Waals surface area contributed by atoms with Gasteiger partial charge in [-0.15, -0.1) is 0 Å². The first-order chi connectivity index (χ1) is 20.0. The molecular formula is C25H34O6. The predicted octanol–water partition coefficient (Wildman–Crippen LogP) is 2.72. The average molecular weight is 445 g/mol. The fourth-order valence-electron chi connectivity index (χ4n) is 6.97. The van der Waals surface area contributed by atoms with Crippen molar-refractivity contribution in [1.82, 2.24) is 0 Å². The van der Waals surface area contributed by atoms with Gasteiger partial charge in [0.1, 0.15) is 6.56 Å². The number of fused-ring (bicyclic) bond motifs is 7. The molecule has 5 aliphatic rings. The normalized spacial score (nSPS) is 63.4. The molecule has 0 aromatic rings. The maximum Gasteiger partial charge on any atom is 0.193 e. The molecule has 1 unspecified atom stereocenters. The highest BCUT2D eigenvalue weighted by Crippen LogP contribution is 2.69. The number of hydrogen-bond donors (Lipinski definition) is 2. The molecule has 0 aromatic carbocycles.